The number of carbonyl (C=O) groups is 2. The molecular formula is C16H17NO4. The number of anilines is 1. The van der Waals surface area contributed by atoms with Gasteiger partial charge in [-0.3, -0.25) is 9.59 Å². The summed E-state index contributed by atoms with van der Waals surface area (Å²) < 4.78 is 10.5. The van der Waals surface area contributed by atoms with Gasteiger partial charge >= 0.3 is 5.97 Å². The fraction of sp³-hybridized carbons (Fsp3) is 0.500. The monoisotopic (exact) mass is 287 g/mol. The van der Waals surface area contributed by atoms with Gasteiger partial charge in [0.2, 0.25) is 5.91 Å². The van der Waals surface area contributed by atoms with Crippen LogP contribution in [0, 0.1) is 23.7 Å². The third-order valence-corrected chi connectivity index (χ3v) is 5.14. The van der Waals surface area contributed by atoms with Gasteiger partial charge in [0.15, 0.2) is 0 Å². The Balaban J connectivity index is 1.51. The van der Waals surface area contributed by atoms with E-state index in [0.717, 1.165) is 24.3 Å². The molecule has 2 aliphatic carbocycles. The van der Waals surface area contributed by atoms with Gasteiger partial charge in [0.05, 0.1) is 18.9 Å². The second-order valence-electron chi connectivity index (χ2n) is 6.14. The number of hydrogen-bond donors (Lipinski definition) is 1. The molecule has 0 spiro atoms. The van der Waals surface area contributed by atoms with Crippen molar-refractivity contribution in [3.8, 4) is 5.75 Å². The van der Waals surface area contributed by atoms with Crippen LogP contribution in [0.25, 0.3) is 0 Å². The molecule has 3 fully saturated rings. The van der Waals surface area contributed by atoms with Crippen LogP contribution in [0.1, 0.15) is 12.8 Å². The molecule has 1 heterocycles. The summed E-state index contributed by atoms with van der Waals surface area (Å²) in [7, 11) is 1.60. The van der Waals surface area contributed by atoms with E-state index in [4.69, 9.17) is 9.47 Å². The molecule has 2 saturated carbocycles. The highest BCUT2D eigenvalue weighted by atomic mass is 16.6. The minimum atomic E-state index is -0.233. The highest BCUT2D eigenvalue weighted by Crippen LogP contribution is 2.57. The first-order chi connectivity index (χ1) is 10.2. The lowest BCUT2D eigenvalue weighted by Gasteiger charge is -2.23. The van der Waals surface area contributed by atoms with Crippen molar-refractivity contribution in [3.05, 3.63) is 24.3 Å². The molecule has 0 unspecified atom stereocenters. The van der Waals surface area contributed by atoms with E-state index in [1.807, 2.05) is 0 Å². The van der Waals surface area contributed by atoms with Gasteiger partial charge in [0, 0.05) is 11.6 Å². The Morgan fingerprint density at radius 3 is 2.76 bits per heavy atom. The van der Waals surface area contributed by atoms with E-state index >= 15 is 0 Å². The van der Waals surface area contributed by atoms with Crippen LogP contribution in [0.4, 0.5) is 5.69 Å². The minimum Gasteiger partial charge on any atom is -0.497 e. The molecule has 1 saturated heterocycles. The zero-order chi connectivity index (χ0) is 14.6. The first-order valence-electron chi connectivity index (χ1n) is 7.33. The third-order valence-electron chi connectivity index (χ3n) is 5.14. The molecule has 0 radical (unpaired) electrons. The Hall–Kier alpha value is -2.04. The number of hydrogen-bond acceptors (Lipinski definition) is 4. The summed E-state index contributed by atoms with van der Waals surface area (Å²) in [5, 5.41) is 2.92. The largest absolute Gasteiger partial charge is 0.497 e. The average molecular weight is 287 g/mol. The standard InChI is InChI=1S/C16H17NO4/c1-20-10-4-2-9(3-5-10)17-15(18)13-8-6-11-12(7-8)21-16(19)14(11)13/h2-5,8,11-14H,6-7H2,1H3,(H,17,18)/t8-,11-,12-,13+,14+/m1/s1. The summed E-state index contributed by atoms with van der Waals surface area (Å²) in [5.74, 6) is 0.587. The van der Waals surface area contributed by atoms with E-state index in [1.54, 1.807) is 31.4 Å². The van der Waals surface area contributed by atoms with Crippen molar-refractivity contribution in [2.24, 2.45) is 23.7 Å². The lowest BCUT2D eigenvalue weighted by atomic mass is 9.79. The molecule has 4 rings (SSSR count). The minimum absolute atomic E-state index is 0.0602. The summed E-state index contributed by atoms with van der Waals surface area (Å²) in [5.41, 5.74) is 0.728. The molecule has 1 aliphatic heterocycles. The van der Waals surface area contributed by atoms with Crippen molar-refractivity contribution in [1.29, 1.82) is 0 Å². The first kappa shape index (κ1) is 12.7. The molecular weight excluding hydrogens is 270 g/mol. The second-order valence-corrected chi connectivity index (χ2v) is 6.14. The Bertz CT molecular complexity index is 595. The van der Waals surface area contributed by atoms with E-state index in [1.165, 1.54) is 0 Å². The van der Waals surface area contributed by atoms with E-state index in [2.05, 4.69) is 5.32 Å². The number of ether oxygens (including phenoxy) is 2. The van der Waals surface area contributed by atoms with Gasteiger partial charge in [-0.15, -0.1) is 0 Å². The smallest absolute Gasteiger partial charge is 0.310 e. The Morgan fingerprint density at radius 1 is 1.29 bits per heavy atom. The molecule has 2 bridgehead atoms. The molecule has 5 atom stereocenters. The molecule has 3 aliphatic rings. The van der Waals surface area contributed by atoms with Crippen LogP contribution in [-0.2, 0) is 14.3 Å². The third kappa shape index (κ3) is 1.83. The average Bonchev–Trinajstić information content (AvgIpc) is 3.09. The van der Waals surface area contributed by atoms with Crippen LogP contribution < -0.4 is 10.1 Å². The Labute approximate surface area is 122 Å². The zero-order valence-electron chi connectivity index (χ0n) is 11.7. The molecule has 1 N–H and O–H groups in total. The number of benzene rings is 1. The maximum Gasteiger partial charge on any atom is 0.310 e. The van der Waals surface area contributed by atoms with Crippen molar-refractivity contribution in [3.63, 3.8) is 0 Å². The molecule has 1 aromatic rings. The van der Waals surface area contributed by atoms with Gasteiger partial charge < -0.3 is 14.8 Å². The van der Waals surface area contributed by atoms with Crippen molar-refractivity contribution in [1.82, 2.24) is 0 Å². The van der Waals surface area contributed by atoms with Crippen LogP contribution >= 0.6 is 0 Å². The summed E-state index contributed by atoms with van der Waals surface area (Å²) >= 11 is 0. The summed E-state index contributed by atoms with van der Waals surface area (Å²) in [6, 6.07) is 7.21. The molecule has 5 heteroatoms. The number of nitrogens with one attached hydrogen (secondary N) is 1. The van der Waals surface area contributed by atoms with Gasteiger partial charge in [-0.1, -0.05) is 0 Å². The fourth-order valence-electron chi connectivity index (χ4n) is 4.26. The van der Waals surface area contributed by atoms with E-state index < -0.39 is 0 Å². The fourth-order valence-corrected chi connectivity index (χ4v) is 4.26. The molecule has 110 valence electrons. The summed E-state index contributed by atoms with van der Waals surface area (Å²) in [6.07, 6.45) is 1.85. The van der Waals surface area contributed by atoms with Gasteiger partial charge in [0.25, 0.3) is 0 Å². The van der Waals surface area contributed by atoms with E-state index in [-0.39, 0.29) is 41.7 Å². The summed E-state index contributed by atoms with van der Waals surface area (Å²) in [6.45, 7) is 0. The molecule has 1 aromatic carbocycles. The highest BCUT2D eigenvalue weighted by molar-refractivity contribution is 5.97. The predicted octanol–water partition coefficient (Wildman–Crippen LogP) is 1.83. The SMILES string of the molecule is COc1ccc(NC(=O)[C@H]2[C@@H]3C[C@H]4[C@@H]2C(=O)O[C@@H]4C3)cc1. The number of fused-ring (bicyclic) bond motifs is 1. The zero-order valence-corrected chi connectivity index (χ0v) is 11.7. The van der Waals surface area contributed by atoms with Crippen LogP contribution in [0.3, 0.4) is 0 Å². The van der Waals surface area contributed by atoms with E-state index in [0.29, 0.717) is 0 Å². The topological polar surface area (TPSA) is 64.6 Å². The maximum absolute atomic E-state index is 12.5. The number of methoxy groups -OCH3 is 1. The predicted molar refractivity (Wildman–Crippen MR) is 74.7 cm³/mol. The molecule has 0 aromatic heterocycles. The number of carbonyl (C=O) groups excluding carboxylic acids is 2. The second kappa shape index (κ2) is 4.48. The first-order valence-corrected chi connectivity index (χ1v) is 7.33. The van der Waals surface area contributed by atoms with Gasteiger partial charge in [-0.05, 0) is 43.0 Å². The molecule has 5 nitrogen and oxygen atoms in total. The number of esters is 1. The van der Waals surface area contributed by atoms with Crippen molar-refractivity contribution >= 4 is 17.6 Å². The van der Waals surface area contributed by atoms with E-state index in [9.17, 15) is 9.59 Å². The number of amides is 1. The van der Waals surface area contributed by atoms with Gasteiger partial charge in [0.1, 0.15) is 11.9 Å². The van der Waals surface area contributed by atoms with Gasteiger partial charge in [-0.2, -0.15) is 0 Å². The van der Waals surface area contributed by atoms with Crippen LogP contribution in [0.5, 0.6) is 5.75 Å². The lowest BCUT2D eigenvalue weighted by Crippen LogP contribution is -2.35. The Morgan fingerprint density at radius 2 is 2.05 bits per heavy atom. The van der Waals surface area contributed by atoms with Gasteiger partial charge in [-0.25, -0.2) is 0 Å². The number of rotatable bonds is 3. The molecule has 21 heavy (non-hydrogen) atoms. The van der Waals surface area contributed by atoms with Crippen molar-refractivity contribution in [2.75, 3.05) is 12.4 Å². The lowest BCUT2D eigenvalue weighted by molar-refractivity contribution is -0.145. The van der Waals surface area contributed by atoms with Crippen LogP contribution in [-0.4, -0.2) is 25.1 Å². The maximum atomic E-state index is 12.5. The quantitative estimate of drug-likeness (QED) is 0.861. The van der Waals surface area contributed by atoms with Crippen molar-refractivity contribution < 1.29 is 19.1 Å². The highest BCUT2D eigenvalue weighted by Gasteiger charge is 2.63. The molecule has 1 amide bonds. The summed E-state index contributed by atoms with van der Waals surface area (Å²) in [4.78, 5) is 24.5. The van der Waals surface area contributed by atoms with Crippen LogP contribution in [0.2, 0.25) is 0 Å². The normalized spacial score (nSPS) is 35.7. The van der Waals surface area contributed by atoms with Crippen molar-refractivity contribution in [2.45, 2.75) is 18.9 Å². The Kier molecular flexibility index (Phi) is 2.71. The van der Waals surface area contributed by atoms with Crippen LogP contribution in [0.15, 0.2) is 24.3 Å².